The molecule has 2 aromatic carbocycles. The van der Waals surface area contributed by atoms with E-state index in [4.69, 9.17) is 9.47 Å². The van der Waals surface area contributed by atoms with Crippen molar-refractivity contribution in [2.75, 3.05) is 19.5 Å². The summed E-state index contributed by atoms with van der Waals surface area (Å²) >= 11 is 0.570. The van der Waals surface area contributed by atoms with Gasteiger partial charge in [0.1, 0.15) is 22.1 Å². The molecule has 14 heteroatoms. The summed E-state index contributed by atoms with van der Waals surface area (Å²) < 4.78 is 88.6. The highest BCUT2D eigenvalue weighted by Gasteiger charge is 2.37. The standard InChI is InChI=1S/C23H17F6N3O4S/c1-35-16-4-3-5-17(36-2)19(16)20(33)32-21(34)31-14-6-7-18(30-11-14)37-15-9-12(22(24,25)26)8-13(10-15)23(27,28)29/h3-11H,1-2H3,(H2,31,32,33,34). The van der Waals surface area contributed by atoms with E-state index in [9.17, 15) is 35.9 Å². The number of hydrogen-bond acceptors (Lipinski definition) is 6. The van der Waals surface area contributed by atoms with E-state index in [-0.39, 0.29) is 38.7 Å². The zero-order chi connectivity index (χ0) is 27.4. The zero-order valence-corrected chi connectivity index (χ0v) is 19.8. The number of urea groups is 1. The van der Waals surface area contributed by atoms with Gasteiger partial charge in [-0.15, -0.1) is 0 Å². The van der Waals surface area contributed by atoms with Crippen molar-refractivity contribution in [3.63, 3.8) is 0 Å². The third-order valence-corrected chi connectivity index (χ3v) is 5.58. The number of benzene rings is 2. The monoisotopic (exact) mass is 545 g/mol. The molecule has 2 N–H and O–H groups in total. The number of anilines is 1. The lowest BCUT2D eigenvalue weighted by Gasteiger charge is -2.14. The zero-order valence-electron chi connectivity index (χ0n) is 19.0. The van der Waals surface area contributed by atoms with Crippen LogP contribution in [0.25, 0.3) is 0 Å². The van der Waals surface area contributed by atoms with Crippen molar-refractivity contribution in [3.05, 3.63) is 71.4 Å². The molecule has 0 bridgehead atoms. The van der Waals surface area contributed by atoms with Gasteiger partial charge < -0.3 is 14.8 Å². The summed E-state index contributed by atoms with van der Waals surface area (Å²) in [6.07, 6.45) is -8.83. The number of carbonyl (C=O) groups excluding carboxylic acids is 2. The first-order valence-corrected chi connectivity index (χ1v) is 10.9. The van der Waals surface area contributed by atoms with Gasteiger partial charge in [-0.3, -0.25) is 10.1 Å². The van der Waals surface area contributed by atoms with E-state index in [0.29, 0.717) is 23.9 Å². The molecule has 3 rings (SSSR count). The lowest BCUT2D eigenvalue weighted by Crippen LogP contribution is -2.34. The summed E-state index contributed by atoms with van der Waals surface area (Å²) in [5.41, 5.74) is -2.82. The number of halogens is 6. The van der Waals surface area contributed by atoms with Gasteiger partial charge in [0.15, 0.2) is 0 Å². The van der Waals surface area contributed by atoms with Crippen molar-refractivity contribution >= 4 is 29.4 Å². The minimum Gasteiger partial charge on any atom is -0.496 e. The van der Waals surface area contributed by atoms with Crippen LogP contribution in [0.4, 0.5) is 36.8 Å². The molecular formula is C23H17F6N3O4S. The molecule has 3 aromatic rings. The predicted molar refractivity (Wildman–Crippen MR) is 121 cm³/mol. The quantitative estimate of drug-likeness (QED) is 0.356. The molecule has 0 radical (unpaired) electrons. The van der Waals surface area contributed by atoms with Crippen molar-refractivity contribution < 1.29 is 45.4 Å². The number of methoxy groups -OCH3 is 2. The first-order chi connectivity index (χ1) is 17.3. The normalized spacial score (nSPS) is 11.6. The SMILES string of the molecule is COc1cccc(OC)c1C(=O)NC(=O)Nc1ccc(Sc2cc(C(F)(F)F)cc(C(F)(F)F)c2)nc1. The fourth-order valence-electron chi connectivity index (χ4n) is 3.02. The van der Waals surface area contributed by atoms with Crippen molar-refractivity contribution in [1.82, 2.24) is 10.3 Å². The Balaban J connectivity index is 1.71. The molecule has 0 saturated carbocycles. The molecule has 0 aliphatic heterocycles. The maximum absolute atomic E-state index is 13.1. The molecule has 0 fully saturated rings. The third kappa shape index (κ3) is 7.06. The Morgan fingerprint density at radius 2 is 1.43 bits per heavy atom. The molecule has 0 atom stereocenters. The van der Waals surface area contributed by atoms with Gasteiger partial charge in [-0.05, 0) is 42.5 Å². The van der Waals surface area contributed by atoms with E-state index in [2.05, 4.69) is 15.6 Å². The Morgan fingerprint density at radius 3 is 1.89 bits per heavy atom. The number of carbonyl (C=O) groups is 2. The Kier molecular flexibility index (Phi) is 8.21. The van der Waals surface area contributed by atoms with Gasteiger partial charge in [0.05, 0.1) is 37.2 Å². The largest absolute Gasteiger partial charge is 0.496 e. The molecule has 196 valence electrons. The van der Waals surface area contributed by atoms with E-state index < -0.39 is 35.4 Å². The maximum Gasteiger partial charge on any atom is 0.416 e. The highest BCUT2D eigenvalue weighted by molar-refractivity contribution is 7.99. The van der Waals surface area contributed by atoms with Gasteiger partial charge in [-0.25, -0.2) is 9.78 Å². The lowest BCUT2D eigenvalue weighted by molar-refractivity contribution is -0.143. The topological polar surface area (TPSA) is 89.5 Å². The predicted octanol–water partition coefficient (Wildman–Crippen LogP) is 6.25. The molecule has 0 spiro atoms. The van der Waals surface area contributed by atoms with Crippen LogP contribution in [0.2, 0.25) is 0 Å². The number of nitrogens with zero attached hydrogens (tertiary/aromatic N) is 1. The third-order valence-electron chi connectivity index (χ3n) is 4.66. The van der Waals surface area contributed by atoms with Crippen molar-refractivity contribution in [2.24, 2.45) is 0 Å². The fraction of sp³-hybridized carbons (Fsp3) is 0.174. The number of alkyl halides is 6. The highest BCUT2D eigenvalue weighted by Crippen LogP contribution is 2.39. The summed E-state index contributed by atoms with van der Waals surface area (Å²) in [5.74, 6) is -0.496. The van der Waals surface area contributed by atoms with Gasteiger partial charge in [-0.1, -0.05) is 17.8 Å². The van der Waals surface area contributed by atoms with E-state index in [1.165, 1.54) is 38.5 Å². The second-order valence-corrected chi connectivity index (χ2v) is 8.27. The minimum absolute atomic E-state index is 0.0214. The van der Waals surface area contributed by atoms with Gasteiger partial charge in [0.25, 0.3) is 5.91 Å². The van der Waals surface area contributed by atoms with Crippen molar-refractivity contribution in [3.8, 4) is 11.5 Å². The summed E-state index contributed by atoms with van der Waals surface area (Å²) in [6.45, 7) is 0. The van der Waals surface area contributed by atoms with Crippen LogP contribution in [-0.4, -0.2) is 31.1 Å². The summed E-state index contributed by atoms with van der Waals surface area (Å²) in [6, 6.07) is 7.43. The number of ether oxygens (including phenoxy) is 2. The van der Waals surface area contributed by atoms with Crippen molar-refractivity contribution in [2.45, 2.75) is 22.3 Å². The van der Waals surface area contributed by atoms with Gasteiger partial charge in [-0.2, -0.15) is 26.3 Å². The lowest BCUT2D eigenvalue weighted by atomic mass is 10.1. The van der Waals surface area contributed by atoms with E-state index in [1.807, 2.05) is 0 Å². The smallest absolute Gasteiger partial charge is 0.416 e. The Bertz CT molecular complexity index is 1240. The molecule has 0 unspecified atom stereocenters. The van der Waals surface area contributed by atoms with Crippen LogP contribution in [0.3, 0.4) is 0 Å². The fourth-order valence-corrected chi connectivity index (χ4v) is 3.88. The van der Waals surface area contributed by atoms with Crippen LogP contribution in [-0.2, 0) is 12.4 Å². The Hall–Kier alpha value is -3.94. The second kappa shape index (κ2) is 11.0. The molecule has 1 heterocycles. The molecule has 3 amide bonds. The van der Waals surface area contributed by atoms with Gasteiger partial charge in [0, 0.05) is 4.90 Å². The molecule has 0 saturated heterocycles. The van der Waals surface area contributed by atoms with E-state index in [0.717, 1.165) is 6.20 Å². The maximum atomic E-state index is 13.1. The van der Waals surface area contributed by atoms with Crippen LogP contribution in [0.5, 0.6) is 11.5 Å². The second-order valence-electron chi connectivity index (χ2n) is 7.17. The number of aromatic nitrogens is 1. The average Bonchev–Trinajstić information content (AvgIpc) is 2.83. The minimum atomic E-state index is -4.98. The molecule has 37 heavy (non-hydrogen) atoms. The Labute approximate surface area is 210 Å². The van der Waals surface area contributed by atoms with Crippen LogP contribution < -0.4 is 20.1 Å². The number of rotatable bonds is 6. The molecule has 0 aliphatic carbocycles. The number of hydrogen-bond donors (Lipinski definition) is 2. The molecule has 7 nitrogen and oxygen atoms in total. The number of imide groups is 1. The first-order valence-electron chi connectivity index (χ1n) is 10.1. The summed E-state index contributed by atoms with van der Waals surface area (Å²) in [5, 5.41) is 4.50. The number of amides is 3. The first kappa shape index (κ1) is 27.6. The Morgan fingerprint density at radius 1 is 0.865 bits per heavy atom. The van der Waals surface area contributed by atoms with Crippen LogP contribution >= 0.6 is 11.8 Å². The average molecular weight is 545 g/mol. The number of pyridine rings is 1. The van der Waals surface area contributed by atoms with Gasteiger partial charge >= 0.3 is 18.4 Å². The highest BCUT2D eigenvalue weighted by atomic mass is 32.2. The van der Waals surface area contributed by atoms with Gasteiger partial charge in [0.2, 0.25) is 0 Å². The summed E-state index contributed by atoms with van der Waals surface area (Å²) in [4.78, 5) is 28.4. The van der Waals surface area contributed by atoms with Crippen LogP contribution in [0.1, 0.15) is 21.5 Å². The van der Waals surface area contributed by atoms with Crippen molar-refractivity contribution in [1.29, 1.82) is 0 Å². The number of nitrogens with one attached hydrogen (secondary N) is 2. The molecular weight excluding hydrogens is 528 g/mol. The molecule has 1 aromatic heterocycles. The van der Waals surface area contributed by atoms with Crippen LogP contribution in [0, 0.1) is 0 Å². The van der Waals surface area contributed by atoms with E-state index >= 15 is 0 Å². The van der Waals surface area contributed by atoms with E-state index in [1.54, 1.807) is 6.07 Å². The summed E-state index contributed by atoms with van der Waals surface area (Å²) in [7, 11) is 2.67. The van der Waals surface area contributed by atoms with Crippen LogP contribution in [0.15, 0.2) is 64.6 Å². The molecule has 0 aliphatic rings.